The highest BCUT2D eigenvalue weighted by atomic mass is 16.5. The minimum Gasteiger partial charge on any atom is -0.450 e. The fourth-order valence-electron chi connectivity index (χ4n) is 3.29. The van der Waals surface area contributed by atoms with Gasteiger partial charge in [-0.25, -0.2) is 4.79 Å². The molecule has 0 radical (unpaired) electrons. The summed E-state index contributed by atoms with van der Waals surface area (Å²) < 4.78 is 5.19. The molecule has 1 amide bonds. The van der Waals surface area contributed by atoms with Crippen molar-refractivity contribution in [2.75, 3.05) is 19.8 Å². The average molecular weight is 412 g/mol. The van der Waals surface area contributed by atoms with Gasteiger partial charge in [-0.3, -0.25) is 0 Å². The highest BCUT2D eigenvalue weighted by molar-refractivity contribution is 5.67. The van der Waals surface area contributed by atoms with Crippen LogP contribution in [0.2, 0.25) is 0 Å². The van der Waals surface area contributed by atoms with E-state index in [1.54, 1.807) is 0 Å². The zero-order valence-corrected chi connectivity index (χ0v) is 19.6. The summed E-state index contributed by atoms with van der Waals surface area (Å²) in [6, 6.07) is 0. The predicted octanol–water partition coefficient (Wildman–Crippen LogP) is 7.01. The molecule has 0 heterocycles. The van der Waals surface area contributed by atoms with Gasteiger partial charge in [0, 0.05) is 19.1 Å². The molecule has 0 aromatic heterocycles. The molecule has 0 rings (SSSR count). The van der Waals surface area contributed by atoms with Crippen LogP contribution in [0, 0.1) is 11.8 Å². The van der Waals surface area contributed by atoms with Crippen LogP contribution in [0.5, 0.6) is 0 Å². The number of hydrogen-bond donors (Lipinski definition) is 2. The van der Waals surface area contributed by atoms with E-state index in [2.05, 4.69) is 24.4 Å². The van der Waals surface area contributed by atoms with Crippen molar-refractivity contribution >= 4 is 6.09 Å². The van der Waals surface area contributed by atoms with Gasteiger partial charge in [-0.05, 0) is 38.0 Å². The third-order valence-electron chi connectivity index (χ3n) is 5.58. The topological polar surface area (TPSA) is 58.6 Å². The largest absolute Gasteiger partial charge is 0.450 e. The molecule has 2 N–H and O–H groups in total. The molecule has 0 aliphatic heterocycles. The SMILES string of the molecule is CCCCCCCC/C=C\CCCCCCCCOC(=O)NC[C@@H](CO)C(C)C. The van der Waals surface area contributed by atoms with Crippen LogP contribution in [0.4, 0.5) is 4.79 Å². The number of unbranched alkanes of at least 4 members (excludes halogenated alkanes) is 12. The summed E-state index contributed by atoms with van der Waals surface area (Å²) in [6.07, 6.45) is 22.2. The maximum atomic E-state index is 11.6. The summed E-state index contributed by atoms with van der Waals surface area (Å²) in [5.41, 5.74) is 0. The van der Waals surface area contributed by atoms with Gasteiger partial charge in [0.25, 0.3) is 0 Å². The monoisotopic (exact) mass is 411 g/mol. The Kier molecular flexibility index (Phi) is 20.9. The first-order chi connectivity index (χ1) is 14.1. The smallest absolute Gasteiger partial charge is 0.407 e. The van der Waals surface area contributed by atoms with E-state index in [1.165, 1.54) is 77.0 Å². The van der Waals surface area contributed by atoms with Crippen LogP contribution in [0.15, 0.2) is 12.2 Å². The molecule has 0 saturated heterocycles. The number of allylic oxidation sites excluding steroid dienone is 2. The summed E-state index contributed by atoms with van der Waals surface area (Å²) >= 11 is 0. The number of rotatable bonds is 20. The number of aliphatic hydroxyl groups is 1. The van der Waals surface area contributed by atoms with Gasteiger partial charge in [-0.15, -0.1) is 0 Å². The Morgan fingerprint density at radius 2 is 1.38 bits per heavy atom. The van der Waals surface area contributed by atoms with Crippen molar-refractivity contribution < 1.29 is 14.6 Å². The van der Waals surface area contributed by atoms with Crippen molar-refractivity contribution in [2.45, 2.75) is 111 Å². The van der Waals surface area contributed by atoms with Gasteiger partial charge in [-0.2, -0.15) is 0 Å². The van der Waals surface area contributed by atoms with Crippen molar-refractivity contribution in [3.05, 3.63) is 12.2 Å². The Labute approximate surface area is 180 Å². The minimum atomic E-state index is -0.364. The number of nitrogens with one attached hydrogen (secondary N) is 1. The Hall–Kier alpha value is -1.03. The zero-order chi connectivity index (χ0) is 21.6. The molecule has 172 valence electrons. The third-order valence-corrected chi connectivity index (χ3v) is 5.58. The fourth-order valence-corrected chi connectivity index (χ4v) is 3.29. The highest BCUT2D eigenvalue weighted by Gasteiger charge is 2.13. The number of carbonyl (C=O) groups excluding carboxylic acids is 1. The molecule has 0 fully saturated rings. The third kappa shape index (κ3) is 20.0. The van der Waals surface area contributed by atoms with Crippen LogP contribution in [0.1, 0.15) is 111 Å². The lowest BCUT2D eigenvalue weighted by molar-refractivity contribution is 0.135. The highest BCUT2D eigenvalue weighted by Crippen LogP contribution is 2.10. The number of aliphatic hydroxyl groups excluding tert-OH is 1. The van der Waals surface area contributed by atoms with Crippen molar-refractivity contribution in [3.63, 3.8) is 0 Å². The summed E-state index contributed by atoms with van der Waals surface area (Å²) in [6.45, 7) is 7.40. The van der Waals surface area contributed by atoms with Crippen molar-refractivity contribution in [1.82, 2.24) is 5.32 Å². The standard InChI is InChI=1S/C25H49NO3/c1-4-5-6-7-8-9-10-11-12-13-14-15-16-17-18-19-20-29-25(28)26-21-24(22-27)23(2)3/h11-12,23-24,27H,4-10,13-22H2,1-3H3,(H,26,28)/b12-11-/t24-/m0/s1. The van der Waals surface area contributed by atoms with Gasteiger partial charge in [0.05, 0.1) is 6.61 Å². The summed E-state index contributed by atoms with van der Waals surface area (Å²) in [5.74, 6) is 0.434. The Morgan fingerprint density at radius 3 is 1.90 bits per heavy atom. The molecule has 4 heteroatoms. The quantitative estimate of drug-likeness (QED) is 0.167. The Balaban J connectivity index is 3.31. The number of carbonyl (C=O) groups is 1. The first-order valence-electron chi connectivity index (χ1n) is 12.3. The molecular formula is C25H49NO3. The first-order valence-corrected chi connectivity index (χ1v) is 12.3. The van der Waals surface area contributed by atoms with E-state index in [0.29, 0.717) is 19.1 Å². The lowest BCUT2D eigenvalue weighted by atomic mass is 9.97. The van der Waals surface area contributed by atoms with Gasteiger partial charge in [0.2, 0.25) is 0 Å². The van der Waals surface area contributed by atoms with E-state index < -0.39 is 0 Å². The predicted molar refractivity (Wildman–Crippen MR) is 124 cm³/mol. The second-order valence-electron chi connectivity index (χ2n) is 8.64. The van der Waals surface area contributed by atoms with Crippen LogP contribution >= 0.6 is 0 Å². The van der Waals surface area contributed by atoms with E-state index in [-0.39, 0.29) is 18.6 Å². The molecule has 0 saturated carbocycles. The van der Waals surface area contributed by atoms with E-state index in [0.717, 1.165) is 12.8 Å². The molecule has 0 spiro atoms. The molecule has 0 aliphatic rings. The number of amides is 1. The van der Waals surface area contributed by atoms with Crippen LogP contribution in [-0.2, 0) is 4.74 Å². The Bertz CT molecular complexity index is 382. The molecule has 29 heavy (non-hydrogen) atoms. The maximum absolute atomic E-state index is 11.6. The molecule has 4 nitrogen and oxygen atoms in total. The number of hydrogen-bond acceptors (Lipinski definition) is 3. The second kappa shape index (κ2) is 21.7. The van der Waals surface area contributed by atoms with E-state index in [9.17, 15) is 9.90 Å². The molecule has 0 unspecified atom stereocenters. The van der Waals surface area contributed by atoms with Crippen molar-refractivity contribution in [1.29, 1.82) is 0 Å². The second-order valence-corrected chi connectivity index (χ2v) is 8.64. The molecule has 1 atom stereocenters. The number of alkyl carbamates (subject to hydrolysis) is 1. The van der Waals surface area contributed by atoms with Gasteiger partial charge >= 0.3 is 6.09 Å². The Morgan fingerprint density at radius 1 is 0.862 bits per heavy atom. The van der Waals surface area contributed by atoms with Gasteiger partial charge in [0.1, 0.15) is 0 Å². The van der Waals surface area contributed by atoms with Gasteiger partial charge in [-0.1, -0.05) is 90.7 Å². The maximum Gasteiger partial charge on any atom is 0.407 e. The first kappa shape index (κ1) is 28.0. The summed E-state index contributed by atoms with van der Waals surface area (Å²) in [4.78, 5) is 11.6. The minimum absolute atomic E-state index is 0.0901. The molecule has 0 aliphatic carbocycles. The lowest BCUT2D eigenvalue weighted by Crippen LogP contribution is -2.33. The number of ether oxygens (including phenoxy) is 1. The lowest BCUT2D eigenvalue weighted by Gasteiger charge is -2.18. The van der Waals surface area contributed by atoms with E-state index in [1.807, 2.05) is 13.8 Å². The molecule has 0 bridgehead atoms. The van der Waals surface area contributed by atoms with Gasteiger partial charge in [0.15, 0.2) is 0 Å². The van der Waals surface area contributed by atoms with Crippen LogP contribution in [0.25, 0.3) is 0 Å². The van der Waals surface area contributed by atoms with Crippen LogP contribution < -0.4 is 5.32 Å². The van der Waals surface area contributed by atoms with E-state index >= 15 is 0 Å². The van der Waals surface area contributed by atoms with Crippen LogP contribution in [-0.4, -0.2) is 31.0 Å². The average Bonchev–Trinajstić information content (AvgIpc) is 2.70. The molecule has 0 aromatic carbocycles. The summed E-state index contributed by atoms with van der Waals surface area (Å²) in [5, 5.41) is 12.0. The van der Waals surface area contributed by atoms with E-state index in [4.69, 9.17) is 4.74 Å². The van der Waals surface area contributed by atoms with Crippen molar-refractivity contribution in [2.24, 2.45) is 11.8 Å². The molecule has 0 aromatic rings. The normalized spacial score (nSPS) is 12.6. The van der Waals surface area contributed by atoms with Crippen molar-refractivity contribution in [3.8, 4) is 0 Å². The fraction of sp³-hybridized carbons (Fsp3) is 0.880. The van der Waals surface area contributed by atoms with Crippen LogP contribution in [0.3, 0.4) is 0 Å². The van der Waals surface area contributed by atoms with Gasteiger partial charge < -0.3 is 15.2 Å². The summed E-state index contributed by atoms with van der Waals surface area (Å²) in [7, 11) is 0. The molecular weight excluding hydrogens is 362 g/mol. The zero-order valence-electron chi connectivity index (χ0n) is 19.6.